The smallest absolute Gasteiger partial charge is 0.248 e. The Bertz CT molecular complexity index is 767. The first-order chi connectivity index (χ1) is 12.6. The van der Waals surface area contributed by atoms with Gasteiger partial charge in [0.15, 0.2) is 0 Å². The Labute approximate surface area is 154 Å². The van der Waals surface area contributed by atoms with Gasteiger partial charge in [0.2, 0.25) is 5.91 Å². The van der Waals surface area contributed by atoms with E-state index in [1.54, 1.807) is 32.4 Å². The van der Waals surface area contributed by atoms with Crippen LogP contribution >= 0.6 is 0 Å². The number of nitrogens with two attached hydrogens (primary N) is 1. The Morgan fingerprint density at radius 1 is 1.12 bits per heavy atom. The highest BCUT2D eigenvalue weighted by atomic mass is 16.5. The highest BCUT2D eigenvalue weighted by molar-refractivity contribution is 6.01. The second kappa shape index (κ2) is 10.1. The maximum atomic E-state index is 11.9. The van der Waals surface area contributed by atoms with Gasteiger partial charge in [-0.3, -0.25) is 4.79 Å². The van der Waals surface area contributed by atoms with Crippen molar-refractivity contribution < 1.29 is 14.3 Å². The van der Waals surface area contributed by atoms with Crippen LogP contribution in [0.1, 0.15) is 18.1 Å². The Balaban J connectivity index is 1.85. The van der Waals surface area contributed by atoms with E-state index in [1.807, 2.05) is 48.6 Å². The van der Waals surface area contributed by atoms with Crippen LogP contribution in [-0.2, 0) is 9.53 Å². The average Bonchev–Trinajstić information content (AvgIpc) is 2.67. The molecule has 5 heteroatoms. The maximum Gasteiger partial charge on any atom is 0.248 e. The van der Waals surface area contributed by atoms with E-state index in [4.69, 9.17) is 15.2 Å². The molecule has 2 rings (SSSR count). The van der Waals surface area contributed by atoms with Crippen LogP contribution in [-0.4, -0.2) is 20.1 Å². The molecule has 0 heterocycles. The molecule has 0 spiro atoms. The largest absolute Gasteiger partial charge is 0.497 e. The normalized spacial score (nSPS) is 12.4. The number of rotatable bonds is 8. The van der Waals surface area contributed by atoms with E-state index < -0.39 is 0 Å². The number of anilines is 2. The number of nitrogen functional groups attached to an aromatic ring is 1. The molecule has 1 atom stereocenters. The molecule has 0 fully saturated rings. The minimum atomic E-state index is -0.231. The van der Waals surface area contributed by atoms with E-state index in [0.29, 0.717) is 17.8 Å². The van der Waals surface area contributed by atoms with Crippen molar-refractivity contribution >= 4 is 17.3 Å². The number of benzene rings is 2. The van der Waals surface area contributed by atoms with Crippen molar-refractivity contribution in [2.24, 2.45) is 0 Å². The first-order valence-electron chi connectivity index (χ1n) is 8.29. The molecule has 26 heavy (non-hydrogen) atoms. The van der Waals surface area contributed by atoms with Gasteiger partial charge in [-0.05, 0) is 36.2 Å². The maximum absolute atomic E-state index is 11.9. The molecule has 1 amide bonds. The number of hydrogen-bond acceptors (Lipinski definition) is 4. The topological polar surface area (TPSA) is 73.6 Å². The summed E-state index contributed by atoms with van der Waals surface area (Å²) in [4.78, 5) is 11.9. The Hall–Kier alpha value is -3.05. The van der Waals surface area contributed by atoms with Crippen molar-refractivity contribution in [1.29, 1.82) is 0 Å². The van der Waals surface area contributed by atoms with Crippen molar-refractivity contribution in [3.05, 3.63) is 78.4 Å². The molecule has 1 unspecified atom stereocenters. The molecule has 0 aliphatic rings. The number of amides is 1. The van der Waals surface area contributed by atoms with Gasteiger partial charge in [-0.25, -0.2) is 0 Å². The quantitative estimate of drug-likeness (QED) is 0.426. The number of carbonyl (C=O) groups excluding carboxylic acids is 1. The third kappa shape index (κ3) is 5.79. The van der Waals surface area contributed by atoms with E-state index in [-0.39, 0.29) is 12.0 Å². The van der Waals surface area contributed by atoms with Gasteiger partial charge in [-0.1, -0.05) is 42.5 Å². The highest BCUT2D eigenvalue weighted by Crippen LogP contribution is 2.23. The number of ether oxygens (including phenoxy) is 2. The summed E-state index contributed by atoms with van der Waals surface area (Å²) in [5.41, 5.74) is 8.00. The number of carbonyl (C=O) groups is 1. The van der Waals surface area contributed by atoms with Crippen molar-refractivity contribution in [2.45, 2.75) is 12.5 Å². The van der Waals surface area contributed by atoms with Crippen LogP contribution in [0.4, 0.5) is 11.4 Å². The number of para-hydroxylation sites is 2. The van der Waals surface area contributed by atoms with Gasteiger partial charge in [-0.15, -0.1) is 0 Å². The number of hydrogen-bond donors (Lipinski definition) is 2. The number of allylic oxidation sites excluding steroid dienone is 2. The molecule has 0 aliphatic heterocycles. The van der Waals surface area contributed by atoms with E-state index >= 15 is 0 Å². The van der Waals surface area contributed by atoms with Gasteiger partial charge in [0.05, 0.1) is 24.6 Å². The van der Waals surface area contributed by atoms with E-state index in [0.717, 1.165) is 11.3 Å². The number of nitrogens with one attached hydrogen (secondary N) is 1. The third-order valence-corrected chi connectivity index (χ3v) is 3.84. The number of methoxy groups -OCH3 is 2. The summed E-state index contributed by atoms with van der Waals surface area (Å²) in [6, 6.07) is 14.9. The van der Waals surface area contributed by atoms with Crippen LogP contribution in [0.25, 0.3) is 0 Å². The first kappa shape index (κ1) is 19.3. The van der Waals surface area contributed by atoms with Gasteiger partial charge in [0.1, 0.15) is 5.75 Å². The second-order valence-corrected chi connectivity index (χ2v) is 5.60. The zero-order valence-electron chi connectivity index (χ0n) is 15.0. The van der Waals surface area contributed by atoms with Gasteiger partial charge >= 0.3 is 0 Å². The molecule has 0 radical (unpaired) electrons. The Morgan fingerprint density at radius 2 is 1.85 bits per heavy atom. The summed E-state index contributed by atoms with van der Waals surface area (Å²) in [6.45, 7) is 0. The molecule has 3 N–H and O–H groups in total. The van der Waals surface area contributed by atoms with Gasteiger partial charge < -0.3 is 20.5 Å². The van der Waals surface area contributed by atoms with Crippen molar-refractivity contribution in [3.8, 4) is 5.75 Å². The summed E-state index contributed by atoms with van der Waals surface area (Å²) in [7, 11) is 3.32. The Kier molecular flexibility index (Phi) is 7.46. The minimum absolute atomic E-state index is 0.0523. The molecule has 0 aromatic heterocycles. The van der Waals surface area contributed by atoms with Crippen LogP contribution in [0.2, 0.25) is 0 Å². The van der Waals surface area contributed by atoms with Crippen molar-refractivity contribution in [2.75, 3.05) is 25.3 Å². The van der Waals surface area contributed by atoms with Gasteiger partial charge in [-0.2, -0.15) is 0 Å². The van der Waals surface area contributed by atoms with Crippen LogP contribution in [0, 0.1) is 0 Å². The monoisotopic (exact) mass is 352 g/mol. The van der Waals surface area contributed by atoms with Crippen molar-refractivity contribution in [3.63, 3.8) is 0 Å². The summed E-state index contributed by atoms with van der Waals surface area (Å²) in [5.74, 6) is 0.582. The van der Waals surface area contributed by atoms with E-state index in [9.17, 15) is 4.79 Å². The molecule has 0 aliphatic carbocycles. The Morgan fingerprint density at radius 3 is 2.50 bits per heavy atom. The van der Waals surface area contributed by atoms with Crippen LogP contribution < -0.4 is 15.8 Å². The van der Waals surface area contributed by atoms with Crippen LogP contribution in [0.15, 0.2) is 72.8 Å². The van der Waals surface area contributed by atoms with Gasteiger partial charge in [0, 0.05) is 13.2 Å². The fourth-order valence-corrected chi connectivity index (χ4v) is 2.40. The highest BCUT2D eigenvalue weighted by Gasteiger charge is 2.08. The fraction of sp³-hybridized carbons (Fsp3) is 0.190. The lowest BCUT2D eigenvalue weighted by atomic mass is 10.1. The first-order valence-corrected chi connectivity index (χ1v) is 8.29. The summed E-state index contributed by atoms with van der Waals surface area (Å²) < 4.78 is 10.7. The van der Waals surface area contributed by atoms with Crippen LogP contribution in [0.5, 0.6) is 5.75 Å². The molecule has 136 valence electrons. The van der Waals surface area contributed by atoms with E-state index in [2.05, 4.69) is 5.32 Å². The molecule has 0 saturated carbocycles. The second-order valence-electron chi connectivity index (χ2n) is 5.60. The predicted molar refractivity (Wildman–Crippen MR) is 105 cm³/mol. The average molecular weight is 352 g/mol. The van der Waals surface area contributed by atoms with E-state index in [1.165, 1.54) is 6.08 Å². The standard InChI is InChI=1S/C21H24N2O3/c1-25-17-14-12-16(13-15-17)20(26-2)10-4-3-5-11-21(24)23-19-9-7-6-8-18(19)22/h3-9,11-15,20H,10,22H2,1-2H3,(H,23,24)/b4-3+,11-5+. The summed E-state index contributed by atoms with van der Waals surface area (Å²) in [5, 5.41) is 2.74. The third-order valence-electron chi connectivity index (χ3n) is 3.84. The lowest BCUT2D eigenvalue weighted by Gasteiger charge is -2.14. The van der Waals surface area contributed by atoms with Crippen LogP contribution in [0.3, 0.4) is 0 Å². The summed E-state index contributed by atoms with van der Waals surface area (Å²) >= 11 is 0. The lowest BCUT2D eigenvalue weighted by molar-refractivity contribution is -0.111. The molecular weight excluding hydrogens is 328 g/mol. The molecule has 5 nitrogen and oxygen atoms in total. The van der Waals surface area contributed by atoms with Gasteiger partial charge in [0.25, 0.3) is 0 Å². The summed E-state index contributed by atoms with van der Waals surface area (Å²) in [6.07, 6.45) is 7.57. The van der Waals surface area contributed by atoms with Crippen molar-refractivity contribution in [1.82, 2.24) is 0 Å². The predicted octanol–water partition coefficient (Wildman–Crippen LogP) is 4.11. The molecule has 0 bridgehead atoms. The molecule has 2 aromatic carbocycles. The molecule has 0 saturated heterocycles. The molecular formula is C21H24N2O3. The lowest BCUT2D eigenvalue weighted by Crippen LogP contribution is -2.09. The molecule has 2 aromatic rings. The minimum Gasteiger partial charge on any atom is -0.497 e. The zero-order valence-corrected chi connectivity index (χ0v) is 15.0. The fourth-order valence-electron chi connectivity index (χ4n) is 2.40. The zero-order chi connectivity index (χ0) is 18.8. The SMILES string of the molecule is COc1ccc(C(C/C=C/C=C/C(=O)Nc2ccccc2N)OC)cc1.